The minimum atomic E-state index is -1.44. The van der Waals surface area contributed by atoms with Gasteiger partial charge in [0.05, 0.1) is 31.0 Å². The number of nitrogens with two attached hydrogens (primary N) is 1. The van der Waals surface area contributed by atoms with E-state index in [0.717, 1.165) is 18.4 Å². The average molecular weight is 724 g/mol. The molecule has 3 aromatic rings. The molecule has 13 heteroatoms. The maximum atomic E-state index is 15.4. The highest BCUT2D eigenvalue weighted by atomic mass is 35.5. The van der Waals surface area contributed by atoms with Crippen molar-refractivity contribution in [2.24, 2.45) is 23.0 Å². The van der Waals surface area contributed by atoms with Crippen molar-refractivity contribution in [1.29, 1.82) is 0 Å². The topological polar surface area (TPSA) is 131 Å². The van der Waals surface area contributed by atoms with Crippen molar-refractivity contribution in [3.05, 3.63) is 89.0 Å². The van der Waals surface area contributed by atoms with E-state index in [4.69, 9.17) is 29.3 Å². The predicted molar refractivity (Wildman–Crippen MR) is 193 cm³/mol. The van der Waals surface area contributed by atoms with E-state index in [1.807, 2.05) is 36.4 Å². The summed E-state index contributed by atoms with van der Waals surface area (Å²) < 4.78 is 45.8. The Hall–Kier alpha value is -3.71. The number of halogens is 2. The Morgan fingerprint density at radius 3 is 2.49 bits per heavy atom. The minimum absolute atomic E-state index is 0. The highest BCUT2D eigenvalue weighted by molar-refractivity contribution is 6.48. The predicted octanol–water partition coefficient (Wildman–Crippen LogP) is 6.18. The van der Waals surface area contributed by atoms with Gasteiger partial charge in [0.25, 0.3) is 0 Å². The summed E-state index contributed by atoms with van der Waals surface area (Å²) in [4.78, 5) is 31.1. The second-order valence-electron chi connectivity index (χ2n) is 15.4. The van der Waals surface area contributed by atoms with Gasteiger partial charge >= 0.3 is 13.1 Å². The first kappa shape index (κ1) is 38.5. The molecule has 2 bridgehead atoms. The maximum Gasteiger partial charge on any atom is 0.482 e. The Labute approximate surface area is 305 Å². The number of esters is 1. The van der Waals surface area contributed by atoms with Crippen LogP contribution in [-0.2, 0) is 31.9 Å². The number of aromatic nitrogens is 1. The second-order valence-corrected chi connectivity index (χ2v) is 15.4. The lowest BCUT2D eigenvalue weighted by molar-refractivity contribution is -0.199. The molecule has 3 saturated carbocycles. The van der Waals surface area contributed by atoms with Crippen LogP contribution in [0.1, 0.15) is 87.6 Å². The molecule has 0 radical (unpaired) electrons. The molecule has 4 fully saturated rings. The van der Waals surface area contributed by atoms with Crippen molar-refractivity contribution in [1.82, 2.24) is 10.3 Å². The third kappa shape index (κ3) is 7.75. The van der Waals surface area contributed by atoms with E-state index in [1.165, 1.54) is 19.4 Å². The summed E-state index contributed by atoms with van der Waals surface area (Å²) in [6, 6.07) is 14.4. The summed E-state index contributed by atoms with van der Waals surface area (Å²) in [5.41, 5.74) is 6.75. The number of methoxy groups -OCH3 is 1. The normalized spacial score (nSPS) is 24.3. The van der Waals surface area contributed by atoms with Crippen molar-refractivity contribution in [2.45, 2.75) is 96.7 Å². The van der Waals surface area contributed by atoms with Gasteiger partial charge in [0.1, 0.15) is 41.0 Å². The fourth-order valence-corrected chi connectivity index (χ4v) is 7.88. The van der Waals surface area contributed by atoms with Crippen molar-refractivity contribution in [3.63, 3.8) is 0 Å². The number of hydrogen-bond donors (Lipinski definition) is 2. The number of carbonyl (C=O) groups is 2. The van der Waals surface area contributed by atoms with Crippen LogP contribution in [0, 0.1) is 23.1 Å². The van der Waals surface area contributed by atoms with E-state index in [0.29, 0.717) is 17.2 Å². The van der Waals surface area contributed by atoms with E-state index in [2.05, 4.69) is 31.1 Å². The number of ether oxygens (including phenoxy) is 3. The second kappa shape index (κ2) is 14.7. The molecule has 274 valence electrons. The Morgan fingerprint density at radius 2 is 1.84 bits per heavy atom. The Morgan fingerprint density at radius 1 is 1.12 bits per heavy atom. The van der Waals surface area contributed by atoms with Crippen LogP contribution in [-0.4, -0.2) is 54.3 Å². The van der Waals surface area contributed by atoms with Gasteiger partial charge in [-0.3, -0.25) is 9.78 Å². The number of nitrogens with one attached hydrogen (secondary N) is 1. The van der Waals surface area contributed by atoms with Gasteiger partial charge in [-0.25, -0.2) is 9.18 Å². The van der Waals surface area contributed by atoms with Gasteiger partial charge in [-0.05, 0) is 81.4 Å². The molecule has 3 aliphatic carbocycles. The van der Waals surface area contributed by atoms with Crippen molar-refractivity contribution in [3.8, 4) is 11.5 Å². The van der Waals surface area contributed by atoms with E-state index in [9.17, 15) is 9.59 Å². The lowest BCUT2D eigenvalue weighted by Crippen LogP contribution is -2.65. The fourth-order valence-electron chi connectivity index (χ4n) is 7.88. The van der Waals surface area contributed by atoms with Crippen LogP contribution in [0.4, 0.5) is 4.39 Å². The van der Waals surface area contributed by atoms with Gasteiger partial charge in [0.15, 0.2) is 5.82 Å². The highest BCUT2D eigenvalue weighted by Gasteiger charge is 2.68. The van der Waals surface area contributed by atoms with Gasteiger partial charge < -0.3 is 34.6 Å². The van der Waals surface area contributed by atoms with Gasteiger partial charge in [-0.1, -0.05) is 56.3 Å². The SMILES string of the molecule is COc1c(CC(NC(=O)C(N)c2ncc(OCc3ccccc3)cc2F)B2O[C@@H]3C[C@@H]4C[C@@H](C4(C)C)[C@]3(C)O2)cccc1C(=O)OC(C)(C)C.Cl. The molecule has 3 N–H and O–H groups in total. The molecule has 51 heavy (non-hydrogen) atoms. The largest absolute Gasteiger partial charge is 0.496 e. The van der Waals surface area contributed by atoms with Crippen molar-refractivity contribution in [2.75, 3.05) is 7.11 Å². The van der Waals surface area contributed by atoms with Gasteiger partial charge in [-0.15, -0.1) is 12.4 Å². The molecule has 2 heterocycles. The van der Waals surface area contributed by atoms with Crippen LogP contribution in [0.3, 0.4) is 0 Å². The van der Waals surface area contributed by atoms with Gasteiger partial charge in [0, 0.05) is 6.07 Å². The average Bonchev–Trinajstić information content (AvgIpc) is 3.43. The number of carbonyl (C=O) groups excluding carboxylic acids is 2. The van der Waals surface area contributed by atoms with E-state index >= 15 is 4.39 Å². The van der Waals surface area contributed by atoms with Crippen LogP contribution >= 0.6 is 12.4 Å². The number of rotatable bonds is 11. The van der Waals surface area contributed by atoms with Crippen molar-refractivity contribution < 1.29 is 37.5 Å². The van der Waals surface area contributed by atoms with E-state index < -0.39 is 48.0 Å². The monoisotopic (exact) mass is 723 g/mol. The molecule has 1 saturated heterocycles. The quantitative estimate of drug-likeness (QED) is 0.176. The van der Waals surface area contributed by atoms with Crippen LogP contribution in [0.25, 0.3) is 0 Å². The zero-order valence-electron chi connectivity index (χ0n) is 30.2. The number of pyridine rings is 1. The summed E-state index contributed by atoms with van der Waals surface area (Å²) in [6.45, 7) is 12.2. The molecular formula is C38H48BClFN3O7. The van der Waals surface area contributed by atoms with E-state index in [1.54, 1.807) is 32.9 Å². The molecule has 10 nitrogen and oxygen atoms in total. The fraction of sp³-hybridized carbons (Fsp3) is 0.500. The van der Waals surface area contributed by atoms with Gasteiger partial charge in [-0.2, -0.15) is 0 Å². The third-order valence-electron chi connectivity index (χ3n) is 10.7. The molecule has 1 aliphatic heterocycles. The lowest BCUT2D eigenvalue weighted by Gasteiger charge is -2.64. The summed E-state index contributed by atoms with van der Waals surface area (Å²) in [6.07, 6.45) is 3.25. The number of amides is 1. The minimum Gasteiger partial charge on any atom is -0.496 e. The number of para-hydroxylation sites is 1. The summed E-state index contributed by atoms with van der Waals surface area (Å²) in [7, 11) is 0.628. The molecule has 6 atom stereocenters. The van der Waals surface area contributed by atoms with Crippen LogP contribution in [0.5, 0.6) is 11.5 Å². The third-order valence-corrected chi connectivity index (χ3v) is 10.7. The Bertz CT molecular complexity index is 1740. The van der Waals surface area contributed by atoms with Crippen LogP contribution in [0.15, 0.2) is 60.8 Å². The molecule has 7 rings (SSSR count). The first-order valence-corrected chi connectivity index (χ1v) is 17.2. The zero-order chi connectivity index (χ0) is 36.0. The highest BCUT2D eigenvalue weighted by Crippen LogP contribution is 2.65. The molecule has 4 aliphatic rings. The summed E-state index contributed by atoms with van der Waals surface area (Å²) in [5.74, 6) is -1.42. The first-order chi connectivity index (χ1) is 23.6. The smallest absolute Gasteiger partial charge is 0.482 e. The molecule has 1 amide bonds. The molecule has 2 aromatic carbocycles. The number of benzene rings is 2. The van der Waals surface area contributed by atoms with E-state index in [-0.39, 0.29) is 59.9 Å². The molecule has 1 aromatic heterocycles. The molecular weight excluding hydrogens is 676 g/mol. The molecule has 0 spiro atoms. The Kier molecular flexibility index (Phi) is 11.1. The zero-order valence-corrected chi connectivity index (χ0v) is 31.1. The lowest BCUT2D eigenvalue weighted by atomic mass is 9.43. The van der Waals surface area contributed by atoms with Crippen molar-refractivity contribution >= 4 is 31.4 Å². The van der Waals surface area contributed by atoms with Crippen LogP contribution < -0.4 is 20.5 Å². The Balaban J connectivity index is 0.00000504. The summed E-state index contributed by atoms with van der Waals surface area (Å²) >= 11 is 0. The molecule has 2 unspecified atom stereocenters. The van der Waals surface area contributed by atoms with Gasteiger partial charge in [0.2, 0.25) is 5.91 Å². The number of hydrogen-bond acceptors (Lipinski definition) is 9. The first-order valence-electron chi connectivity index (χ1n) is 17.2. The van der Waals surface area contributed by atoms with Crippen LogP contribution in [0.2, 0.25) is 0 Å². The number of nitrogens with zero attached hydrogens (tertiary/aromatic N) is 1. The maximum absolute atomic E-state index is 15.4. The summed E-state index contributed by atoms with van der Waals surface area (Å²) in [5, 5.41) is 2.98. The standard InChI is InChI=1S/C38H47BFN3O7.ClH/c1-36(2,3)48-35(45)26-15-11-14-23(33(26)46-7)16-30(39-49-29-18-24-17-28(37(24,4)5)38(29,6)50-39)43-34(44)31(41)32-27(40)19-25(20-42-32)47-21-22-12-9-8-10-13-22;/h8-15,19-20,24,28-31H,16-18,21,41H2,1-7H3,(H,43,44);1H/t24-,28-,29+,30?,31?,38-;/m0./s1.